The van der Waals surface area contributed by atoms with Crippen LogP contribution in [-0.4, -0.2) is 24.7 Å². The molecule has 176 valence electrons. The maximum atomic E-state index is 12.5. The van der Waals surface area contributed by atoms with Crippen LogP contribution in [0, 0.1) is 6.92 Å². The molecular formula is C26H24BrClN2O4. The van der Waals surface area contributed by atoms with Crippen LogP contribution in [0.4, 0.5) is 0 Å². The zero-order valence-electron chi connectivity index (χ0n) is 19.0. The number of hydrogen-bond donors (Lipinski definition) is 1. The lowest BCUT2D eigenvalue weighted by molar-refractivity contribution is -0.123. The van der Waals surface area contributed by atoms with Crippen molar-refractivity contribution in [3.63, 3.8) is 0 Å². The molecule has 1 N–H and O–H groups in total. The molecule has 34 heavy (non-hydrogen) atoms. The number of halogens is 2. The van der Waals surface area contributed by atoms with Crippen molar-refractivity contribution in [2.45, 2.75) is 26.7 Å². The Hall–Kier alpha value is -3.16. The summed E-state index contributed by atoms with van der Waals surface area (Å²) in [5.74, 6) is 0.283. The third kappa shape index (κ3) is 7.17. The smallest absolute Gasteiger partial charge is 0.343 e. The zero-order valence-corrected chi connectivity index (χ0v) is 21.3. The molecule has 0 aromatic heterocycles. The van der Waals surface area contributed by atoms with Crippen LogP contribution in [0.15, 0.2) is 70.2 Å². The van der Waals surface area contributed by atoms with E-state index in [1.165, 1.54) is 6.21 Å². The number of esters is 1. The number of hydrogen-bond acceptors (Lipinski definition) is 5. The number of benzene rings is 3. The second kappa shape index (κ2) is 11.8. The van der Waals surface area contributed by atoms with Gasteiger partial charge in [0, 0.05) is 15.1 Å². The van der Waals surface area contributed by atoms with Crippen molar-refractivity contribution in [3.8, 4) is 11.5 Å². The summed E-state index contributed by atoms with van der Waals surface area (Å²) in [6.45, 7) is 5.92. The molecule has 0 saturated heterocycles. The molecule has 0 heterocycles. The van der Waals surface area contributed by atoms with Gasteiger partial charge in [0.1, 0.15) is 11.5 Å². The Bertz CT molecular complexity index is 1210. The van der Waals surface area contributed by atoms with E-state index in [9.17, 15) is 9.59 Å². The highest BCUT2D eigenvalue weighted by atomic mass is 79.9. The lowest BCUT2D eigenvalue weighted by Crippen LogP contribution is -2.25. The fraction of sp³-hybridized carbons (Fsp3) is 0.192. The highest BCUT2D eigenvalue weighted by Crippen LogP contribution is 2.27. The van der Waals surface area contributed by atoms with Crippen molar-refractivity contribution in [3.05, 3.63) is 92.4 Å². The highest BCUT2D eigenvalue weighted by Gasteiger charge is 2.13. The first kappa shape index (κ1) is 25.5. The third-order valence-corrected chi connectivity index (χ3v) is 5.54. The number of rotatable bonds is 8. The Balaban J connectivity index is 1.64. The van der Waals surface area contributed by atoms with Gasteiger partial charge in [-0.05, 0) is 72.5 Å². The van der Waals surface area contributed by atoms with Gasteiger partial charge in [-0.15, -0.1) is 0 Å². The lowest BCUT2D eigenvalue weighted by atomic mass is 10.0. The molecule has 3 aromatic rings. The normalized spacial score (nSPS) is 11.0. The number of carbonyl (C=O) groups is 2. The van der Waals surface area contributed by atoms with Gasteiger partial charge in [0.05, 0.1) is 11.8 Å². The summed E-state index contributed by atoms with van der Waals surface area (Å²) in [5.41, 5.74) is 5.38. The molecule has 0 bridgehead atoms. The molecule has 6 nitrogen and oxygen atoms in total. The summed E-state index contributed by atoms with van der Waals surface area (Å²) in [5, 5.41) is 4.51. The van der Waals surface area contributed by atoms with E-state index in [1.807, 2.05) is 25.1 Å². The van der Waals surface area contributed by atoms with E-state index < -0.39 is 11.9 Å². The predicted octanol–water partition coefficient (Wildman–Crippen LogP) is 6.28. The van der Waals surface area contributed by atoms with Crippen molar-refractivity contribution in [1.82, 2.24) is 5.43 Å². The molecule has 3 rings (SSSR count). The Morgan fingerprint density at radius 2 is 1.79 bits per heavy atom. The fourth-order valence-electron chi connectivity index (χ4n) is 3.05. The predicted molar refractivity (Wildman–Crippen MR) is 137 cm³/mol. The molecule has 0 unspecified atom stereocenters. The summed E-state index contributed by atoms with van der Waals surface area (Å²) in [6.07, 6.45) is 1.40. The lowest BCUT2D eigenvalue weighted by Gasteiger charge is -2.14. The van der Waals surface area contributed by atoms with E-state index in [0.29, 0.717) is 27.6 Å². The number of carbonyl (C=O) groups excluding carboxylic acids is 2. The Morgan fingerprint density at radius 3 is 2.50 bits per heavy atom. The van der Waals surface area contributed by atoms with Crippen LogP contribution in [0.3, 0.4) is 0 Å². The largest absolute Gasteiger partial charge is 0.483 e. The van der Waals surface area contributed by atoms with Crippen LogP contribution >= 0.6 is 27.5 Å². The maximum Gasteiger partial charge on any atom is 0.343 e. The Morgan fingerprint density at radius 1 is 1.06 bits per heavy atom. The highest BCUT2D eigenvalue weighted by molar-refractivity contribution is 9.10. The number of amides is 1. The summed E-state index contributed by atoms with van der Waals surface area (Å²) < 4.78 is 12.0. The van der Waals surface area contributed by atoms with Crippen molar-refractivity contribution >= 4 is 45.6 Å². The van der Waals surface area contributed by atoms with Crippen molar-refractivity contribution in [2.75, 3.05) is 6.61 Å². The molecule has 0 fully saturated rings. The quantitative estimate of drug-likeness (QED) is 0.157. The van der Waals surface area contributed by atoms with Crippen LogP contribution in [0.25, 0.3) is 0 Å². The molecule has 3 aromatic carbocycles. The van der Waals surface area contributed by atoms with Gasteiger partial charge in [-0.3, -0.25) is 4.79 Å². The average molecular weight is 544 g/mol. The van der Waals surface area contributed by atoms with Gasteiger partial charge in [-0.2, -0.15) is 5.10 Å². The zero-order chi connectivity index (χ0) is 24.7. The van der Waals surface area contributed by atoms with Gasteiger partial charge in [-0.25, -0.2) is 10.2 Å². The van der Waals surface area contributed by atoms with Crippen LogP contribution in [0.2, 0.25) is 5.02 Å². The minimum atomic E-state index is -0.537. The fourth-order valence-corrected chi connectivity index (χ4v) is 3.56. The molecule has 8 heteroatoms. The summed E-state index contributed by atoms with van der Waals surface area (Å²) in [7, 11) is 0. The molecule has 0 radical (unpaired) electrons. The molecule has 0 saturated carbocycles. The van der Waals surface area contributed by atoms with Crippen molar-refractivity contribution in [2.24, 2.45) is 5.10 Å². The van der Waals surface area contributed by atoms with Crippen LogP contribution < -0.4 is 14.9 Å². The van der Waals surface area contributed by atoms with Gasteiger partial charge in [-0.1, -0.05) is 53.5 Å². The molecule has 0 atom stereocenters. The van der Waals surface area contributed by atoms with Gasteiger partial charge in [0.2, 0.25) is 0 Å². The second-order valence-electron chi connectivity index (χ2n) is 7.86. The standard InChI is InChI=1S/C26H24BrClN2O4/c1-16(2)22-10-4-17(3)12-24(22)33-15-25(31)30-29-14-19-13-20(27)7-11-23(19)34-26(32)18-5-8-21(28)9-6-18/h4-14,16H,15H2,1-3H3,(H,30,31)/b29-14+. The Kier molecular flexibility index (Phi) is 8.85. The molecule has 1 amide bonds. The minimum absolute atomic E-state index is 0.183. The first-order chi connectivity index (χ1) is 16.2. The van der Waals surface area contributed by atoms with Gasteiger partial charge in [0.15, 0.2) is 6.61 Å². The van der Waals surface area contributed by atoms with E-state index in [1.54, 1.807) is 42.5 Å². The maximum absolute atomic E-state index is 12.5. The van der Waals surface area contributed by atoms with Crippen LogP contribution in [0.5, 0.6) is 11.5 Å². The summed E-state index contributed by atoms with van der Waals surface area (Å²) in [6, 6.07) is 17.4. The van der Waals surface area contributed by atoms with Gasteiger partial charge >= 0.3 is 5.97 Å². The monoisotopic (exact) mass is 542 g/mol. The molecule has 0 aliphatic carbocycles. The van der Waals surface area contributed by atoms with E-state index in [-0.39, 0.29) is 12.5 Å². The number of nitrogens with zero attached hydrogens (tertiary/aromatic N) is 1. The molecule has 0 spiro atoms. The second-order valence-corrected chi connectivity index (χ2v) is 9.21. The first-order valence-electron chi connectivity index (χ1n) is 10.6. The van der Waals surface area contributed by atoms with E-state index >= 15 is 0 Å². The first-order valence-corrected chi connectivity index (χ1v) is 11.7. The minimum Gasteiger partial charge on any atom is -0.483 e. The SMILES string of the molecule is Cc1ccc(C(C)C)c(OCC(=O)N/N=C/c2cc(Br)ccc2OC(=O)c2ccc(Cl)cc2)c1. The van der Waals surface area contributed by atoms with Crippen molar-refractivity contribution in [1.29, 1.82) is 0 Å². The number of aryl methyl sites for hydroxylation is 1. The summed E-state index contributed by atoms with van der Waals surface area (Å²) >= 11 is 9.26. The summed E-state index contributed by atoms with van der Waals surface area (Å²) in [4.78, 5) is 24.7. The van der Waals surface area contributed by atoms with Crippen LogP contribution in [0.1, 0.15) is 46.8 Å². The molecule has 0 aliphatic heterocycles. The van der Waals surface area contributed by atoms with E-state index in [2.05, 4.69) is 40.3 Å². The number of ether oxygens (including phenoxy) is 2. The van der Waals surface area contributed by atoms with E-state index in [0.717, 1.165) is 15.6 Å². The third-order valence-electron chi connectivity index (χ3n) is 4.80. The Labute approximate surface area is 212 Å². The molecular weight excluding hydrogens is 520 g/mol. The topological polar surface area (TPSA) is 77.0 Å². The molecule has 0 aliphatic rings. The average Bonchev–Trinajstić information content (AvgIpc) is 2.79. The van der Waals surface area contributed by atoms with Crippen LogP contribution in [-0.2, 0) is 4.79 Å². The van der Waals surface area contributed by atoms with Gasteiger partial charge < -0.3 is 9.47 Å². The van der Waals surface area contributed by atoms with Gasteiger partial charge in [0.25, 0.3) is 5.91 Å². The number of nitrogens with one attached hydrogen (secondary N) is 1. The van der Waals surface area contributed by atoms with E-state index in [4.69, 9.17) is 21.1 Å². The van der Waals surface area contributed by atoms with Crippen molar-refractivity contribution < 1.29 is 19.1 Å². The number of hydrazone groups is 1.